The molecule has 0 bridgehead atoms. The van der Waals surface area contributed by atoms with Gasteiger partial charge in [-0.25, -0.2) is 13.5 Å². The molecule has 2 amide bonds. The highest BCUT2D eigenvalue weighted by atomic mass is 19.1. The number of nitrogens with zero attached hydrogens (tertiary/aromatic N) is 3. The molecule has 1 N–H and O–H groups in total. The van der Waals surface area contributed by atoms with E-state index in [1.807, 2.05) is 6.92 Å². The molecule has 1 fully saturated rings. The van der Waals surface area contributed by atoms with Gasteiger partial charge >= 0.3 is 0 Å². The first-order valence-electron chi connectivity index (χ1n) is 8.09. The summed E-state index contributed by atoms with van der Waals surface area (Å²) in [6, 6.07) is 4.56. The second kappa shape index (κ2) is 7.00. The Morgan fingerprint density at radius 2 is 2.04 bits per heavy atom. The number of rotatable bonds is 5. The minimum Gasteiger partial charge on any atom is -0.311 e. The second-order valence-electron chi connectivity index (χ2n) is 5.89. The topological polar surface area (TPSA) is 67.2 Å². The second-order valence-corrected chi connectivity index (χ2v) is 5.89. The summed E-state index contributed by atoms with van der Waals surface area (Å²) in [5.74, 6) is -2.81. The van der Waals surface area contributed by atoms with E-state index in [0.717, 1.165) is 24.6 Å². The van der Waals surface area contributed by atoms with Crippen molar-refractivity contribution in [2.45, 2.75) is 26.3 Å². The number of aromatic nitrogens is 2. The number of hydrogen-bond acceptors (Lipinski definition) is 3. The molecule has 1 aliphatic rings. The van der Waals surface area contributed by atoms with Gasteiger partial charge in [0.25, 0.3) is 0 Å². The van der Waals surface area contributed by atoms with Crippen LogP contribution in [0.1, 0.15) is 19.8 Å². The van der Waals surface area contributed by atoms with Crippen molar-refractivity contribution in [3.05, 3.63) is 42.1 Å². The van der Waals surface area contributed by atoms with Crippen molar-refractivity contribution in [1.29, 1.82) is 0 Å². The zero-order chi connectivity index (χ0) is 18.0. The molecule has 8 heteroatoms. The molecule has 1 aliphatic heterocycles. The molecular weight excluding hydrogens is 330 g/mol. The van der Waals surface area contributed by atoms with Gasteiger partial charge in [0.1, 0.15) is 23.4 Å². The molecule has 2 heterocycles. The van der Waals surface area contributed by atoms with Gasteiger partial charge in [0.2, 0.25) is 11.8 Å². The van der Waals surface area contributed by atoms with Gasteiger partial charge in [-0.3, -0.25) is 9.59 Å². The molecule has 132 valence electrons. The molecule has 1 saturated heterocycles. The number of hydrogen-bond donors (Lipinski definition) is 1. The Kier molecular flexibility index (Phi) is 4.78. The van der Waals surface area contributed by atoms with E-state index in [0.29, 0.717) is 12.4 Å². The quantitative estimate of drug-likeness (QED) is 0.845. The fourth-order valence-corrected chi connectivity index (χ4v) is 2.92. The van der Waals surface area contributed by atoms with E-state index in [-0.39, 0.29) is 18.7 Å². The standard InChI is InChI=1S/C17H18F2N4O2/c1-2-6-23-15(3-5-20-23)21-16(24)14-4-7-22(17(14)25)13-9-11(18)8-12(19)10-13/h3,5,8-10,14H,2,4,6-7H2,1H3,(H,21,24). The summed E-state index contributed by atoms with van der Waals surface area (Å²) < 4.78 is 28.4. The predicted octanol–water partition coefficient (Wildman–Crippen LogP) is 2.56. The average Bonchev–Trinajstić information content (AvgIpc) is 3.13. The van der Waals surface area contributed by atoms with Gasteiger partial charge in [0.15, 0.2) is 0 Å². The molecule has 0 spiro atoms. The average molecular weight is 348 g/mol. The van der Waals surface area contributed by atoms with Gasteiger partial charge in [-0.2, -0.15) is 5.10 Å². The van der Waals surface area contributed by atoms with Gasteiger partial charge in [-0.05, 0) is 25.0 Å². The van der Waals surface area contributed by atoms with Crippen LogP contribution in [0.4, 0.5) is 20.3 Å². The molecule has 0 aliphatic carbocycles. The van der Waals surface area contributed by atoms with Gasteiger partial charge in [0, 0.05) is 30.9 Å². The van der Waals surface area contributed by atoms with E-state index in [9.17, 15) is 18.4 Å². The Morgan fingerprint density at radius 1 is 1.32 bits per heavy atom. The van der Waals surface area contributed by atoms with E-state index in [4.69, 9.17) is 0 Å². The highest BCUT2D eigenvalue weighted by Crippen LogP contribution is 2.27. The maximum absolute atomic E-state index is 13.4. The van der Waals surface area contributed by atoms with Gasteiger partial charge in [-0.15, -0.1) is 0 Å². The Hall–Kier alpha value is -2.77. The number of benzene rings is 1. The Bertz CT molecular complexity index is 785. The largest absolute Gasteiger partial charge is 0.311 e. The Morgan fingerprint density at radius 3 is 2.72 bits per heavy atom. The summed E-state index contributed by atoms with van der Waals surface area (Å²) in [6.07, 6.45) is 2.71. The van der Waals surface area contributed by atoms with Crippen LogP contribution in [0.3, 0.4) is 0 Å². The van der Waals surface area contributed by atoms with Crippen molar-refractivity contribution in [3.8, 4) is 0 Å². The number of carbonyl (C=O) groups is 2. The Labute approximate surface area is 143 Å². The first kappa shape index (κ1) is 17.1. The number of anilines is 2. The third kappa shape index (κ3) is 3.52. The van der Waals surface area contributed by atoms with Gasteiger partial charge < -0.3 is 10.2 Å². The fourth-order valence-electron chi connectivity index (χ4n) is 2.92. The van der Waals surface area contributed by atoms with Crippen LogP contribution in [0.15, 0.2) is 30.5 Å². The van der Waals surface area contributed by atoms with E-state index in [1.165, 1.54) is 4.90 Å². The van der Waals surface area contributed by atoms with E-state index in [1.54, 1.807) is 16.9 Å². The van der Waals surface area contributed by atoms with Crippen LogP contribution < -0.4 is 10.2 Å². The number of aryl methyl sites for hydroxylation is 1. The van der Waals surface area contributed by atoms with Crippen molar-refractivity contribution < 1.29 is 18.4 Å². The molecule has 6 nitrogen and oxygen atoms in total. The molecule has 3 rings (SSSR count). The molecule has 1 unspecified atom stereocenters. The molecule has 1 atom stereocenters. The molecule has 1 aromatic heterocycles. The van der Waals surface area contributed by atoms with Crippen molar-refractivity contribution in [2.24, 2.45) is 5.92 Å². The third-order valence-electron chi connectivity index (χ3n) is 4.08. The van der Waals surface area contributed by atoms with Crippen LogP contribution in [0.25, 0.3) is 0 Å². The Balaban J connectivity index is 1.73. The molecule has 0 radical (unpaired) electrons. The van der Waals surface area contributed by atoms with Crippen LogP contribution in [-0.2, 0) is 16.1 Å². The fraction of sp³-hybridized carbons (Fsp3) is 0.353. The van der Waals surface area contributed by atoms with Crippen molar-refractivity contribution >= 4 is 23.3 Å². The van der Waals surface area contributed by atoms with Crippen LogP contribution in [0, 0.1) is 17.6 Å². The first-order chi connectivity index (χ1) is 12.0. The summed E-state index contributed by atoms with van der Waals surface area (Å²) in [5.41, 5.74) is 0.119. The van der Waals surface area contributed by atoms with Gasteiger partial charge in [-0.1, -0.05) is 6.92 Å². The number of amides is 2. The minimum absolute atomic E-state index is 0.119. The normalized spacial score (nSPS) is 17.2. The molecule has 2 aromatic rings. The highest BCUT2D eigenvalue weighted by molar-refractivity contribution is 6.13. The lowest BCUT2D eigenvalue weighted by Gasteiger charge is -2.17. The number of nitrogens with one attached hydrogen (secondary N) is 1. The van der Waals surface area contributed by atoms with Crippen LogP contribution in [-0.4, -0.2) is 28.1 Å². The summed E-state index contributed by atoms with van der Waals surface area (Å²) in [5, 5.41) is 6.82. The summed E-state index contributed by atoms with van der Waals surface area (Å²) in [7, 11) is 0. The lowest BCUT2D eigenvalue weighted by atomic mass is 10.1. The molecule has 1 aromatic carbocycles. The van der Waals surface area contributed by atoms with Crippen LogP contribution in [0.2, 0.25) is 0 Å². The molecular formula is C17H18F2N4O2. The van der Waals surface area contributed by atoms with E-state index < -0.39 is 29.4 Å². The maximum atomic E-state index is 13.4. The molecule has 25 heavy (non-hydrogen) atoms. The predicted molar refractivity (Wildman–Crippen MR) is 88.0 cm³/mol. The lowest BCUT2D eigenvalue weighted by Crippen LogP contribution is -2.33. The van der Waals surface area contributed by atoms with Gasteiger partial charge in [0.05, 0.1) is 6.20 Å². The van der Waals surface area contributed by atoms with E-state index in [2.05, 4.69) is 10.4 Å². The number of halogens is 2. The summed E-state index contributed by atoms with van der Waals surface area (Å²) in [6.45, 7) is 2.87. The maximum Gasteiger partial charge on any atom is 0.239 e. The smallest absolute Gasteiger partial charge is 0.239 e. The summed E-state index contributed by atoms with van der Waals surface area (Å²) in [4.78, 5) is 26.2. The highest BCUT2D eigenvalue weighted by Gasteiger charge is 2.38. The molecule has 0 saturated carbocycles. The number of carbonyl (C=O) groups excluding carboxylic acids is 2. The summed E-state index contributed by atoms with van der Waals surface area (Å²) >= 11 is 0. The first-order valence-corrected chi connectivity index (χ1v) is 8.09. The zero-order valence-electron chi connectivity index (χ0n) is 13.7. The van der Waals surface area contributed by atoms with Crippen molar-refractivity contribution in [1.82, 2.24) is 9.78 Å². The van der Waals surface area contributed by atoms with Crippen molar-refractivity contribution in [2.75, 3.05) is 16.8 Å². The SMILES string of the molecule is CCCn1nccc1NC(=O)C1CCN(c2cc(F)cc(F)c2)C1=O. The monoisotopic (exact) mass is 348 g/mol. The lowest BCUT2D eigenvalue weighted by molar-refractivity contribution is -0.129. The van der Waals surface area contributed by atoms with Crippen LogP contribution in [0.5, 0.6) is 0 Å². The van der Waals surface area contributed by atoms with E-state index >= 15 is 0 Å². The van der Waals surface area contributed by atoms with Crippen molar-refractivity contribution in [3.63, 3.8) is 0 Å². The zero-order valence-corrected chi connectivity index (χ0v) is 13.7. The third-order valence-corrected chi connectivity index (χ3v) is 4.08. The van der Waals surface area contributed by atoms with Crippen LogP contribution >= 0.6 is 0 Å². The minimum atomic E-state index is -0.892.